The van der Waals surface area contributed by atoms with Crippen molar-refractivity contribution >= 4 is 34.8 Å². The molecule has 44 heavy (non-hydrogen) atoms. The highest BCUT2D eigenvalue weighted by molar-refractivity contribution is 6.31. The Hall–Kier alpha value is -3.00. The largest absolute Gasteiger partial charge is 0.390 e. The van der Waals surface area contributed by atoms with Crippen molar-refractivity contribution in [2.45, 2.75) is 51.6 Å². The number of alkyl halides is 3. The van der Waals surface area contributed by atoms with Gasteiger partial charge in [0, 0.05) is 62.4 Å². The van der Waals surface area contributed by atoms with E-state index in [9.17, 15) is 27.2 Å². The molecule has 2 aromatic rings. The van der Waals surface area contributed by atoms with E-state index in [0.29, 0.717) is 62.1 Å². The van der Waals surface area contributed by atoms with Crippen molar-refractivity contribution in [2.24, 2.45) is 5.92 Å². The number of nitrogens with zero attached hydrogens (tertiary/aromatic N) is 2. The SMILES string of the molecule is CC(C)C[C@H]1CN(c2cc(Cl)ccc2NC(=O)c2ccc(CNC(=O)[C@@H]3CNCCO3)c(F)c2F)CCN1CCC(F)(F)F. The van der Waals surface area contributed by atoms with Crippen molar-refractivity contribution in [3.8, 4) is 0 Å². The molecule has 2 fully saturated rings. The predicted molar refractivity (Wildman–Crippen MR) is 158 cm³/mol. The van der Waals surface area contributed by atoms with E-state index in [1.54, 1.807) is 18.2 Å². The summed E-state index contributed by atoms with van der Waals surface area (Å²) in [6.45, 7) is 6.02. The zero-order valence-electron chi connectivity index (χ0n) is 24.6. The molecular formula is C30H37ClF5N5O3. The second-order valence-electron chi connectivity index (χ2n) is 11.4. The van der Waals surface area contributed by atoms with Gasteiger partial charge in [-0.3, -0.25) is 14.5 Å². The lowest BCUT2D eigenvalue weighted by Gasteiger charge is -2.43. The normalized spacial score (nSPS) is 19.7. The van der Waals surface area contributed by atoms with Crippen LogP contribution in [0.25, 0.3) is 0 Å². The Balaban J connectivity index is 1.47. The third-order valence-electron chi connectivity index (χ3n) is 7.66. The predicted octanol–water partition coefficient (Wildman–Crippen LogP) is 4.96. The molecule has 0 bridgehead atoms. The van der Waals surface area contributed by atoms with Crippen LogP contribution >= 0.6 is 11.6 Å². The van der Waals surface area contributed by atoms with E-state index in [0.717, 1.165) is 6.07 Å². The molecule has 8 nitrogen and oxygen atoms in total. The molecule has 2 heterocycles. The zero-order chi connectivity index (χ0) is 32.0. The number of hydrogen-bond acceptors (Lipinski definition) is 6. The molecule has 0 saturated carbocycles. The monoisotopic (exact) mass is 645 g/mol. The molecule has 0 aliphatic carbocycles. The fraction of sp³-hybridized carbons (Fsp3) is 0.533. The van der Waals surface area contributed by atoms with E-state index in [4.69, 9.17) is 16.3 Å². The molecule has 4 rings (SSSR count). The number of hydrogen-bond donors (Lipinski definition) is 3. The van der Waals surface area contributed by atoms with Gasteiger partial charge in [0.25, 0.3) is 11.8 Å². The number of halogens is 6. The van der Waals surface area contributed by atoms with Crippen LogP contribution in [0.4, 0.5) is 33.3 Å². The highest BCUT2D eigenvalue weighted by Crippen LogP contribution is 2.33. The van der Waals surface area contributed by atoms with Crippen LogP contribution in [0.3, 0.4) is 0 Å². The molecule has 0 spiro atoms. The van der Waals surface area contributed by atoms with Gasteiger partial charge in [0.2, 0.25) is 0 Å². The lowest BCUT2D eigenvalue weighted by Crippen LogP contribution is -2.54. The van der Waals surface area contributed by atoms with E-state index < -0.39 is 47.7 Å². The van der Waals surface area contributed by atoms with E-state index in [-0.39, 0.29) is 30.6 Å². The smallest absolute Gasteiger partial charge is 0.367 e. The van der Waals surface area contributed by atoms with Crippen LogP contribution in [0, 0.1) is 17.6 Å². The highest BCUT2D eigenvalue weighted by atomic mass is 35.5. The number of ether oxygens (including phenoxy) is 1. The first kappa shape index (κ1) is 33.9. The third-order valence-corrected chi connectivity index (χ3v) is 7.89. The van der Waals surface area contributed by atoms with E-state index >= 15 is 4.39 Å². The maximum absolute atomic E-state index is 15.1. The number of anilines is 2. The van der Waals surface area contributed by atoms with E-state index in [1.165, 1.54) is 6.07 Å². The Morgan fingerprint density at radius 1 is 1.14 bits per heavy atom. The molecule has 2 aliphatic rings. The van der Waals surface area contributed by atoms with Gasteiger partial charge < -0.3 is 25.6 Å². The van der Waals surface area contributed by atoms with Crippen molar-refractivity contribution in [1.82, 2.24) is 15.5 Å². The van der Waals surface area contributed by atoms with Crippen LogP contribution in [-0.2, 0) is 16.1 Å². The maximum Gasteiger partial charge on any atom is 0.390 e. The molecule has 2 atom stereocenters. The zero-order valence-corrected chi connectivity index (χ0v) is 25.3. The Bertz CT molecular complexity index is 1320. The molecule has 2 aromatic carbocycles. The average molecular weight is 646 g/mol. The molecule has 3 N–H and O–H groups in total. The number of rotatable bonds is 10. The number of carbonyl (C=O) groups is 2. The summed E-state index contributed by atoms with van der Waals surface area (Å²) >= 11 is 6.28. The fourth-order valence-electron chi connectivity index (χ4n) is 5.44. The molecule has 2 amide bonds. The van der Waals surface area contributed by atoms with Gasteiger partial charge in [-0.1, -0.05) is 31.5 Å². The van der Waals surface area contributed by atoms with Crippen LogP contribution in [0.5, 0.6) is 0 Å². The Morgan fingerprint density at radius 3 is 2.59 bits per heavy atom. The first-order valence-electron chi connectivity index (χ1n) is 14.6. The summed E-state index contributed by atoms with van der Waals surface area (Å²) < 4.78 is 74.2. The van der Waals surface area contributed by atoms with E-state index in [1.807, 2.05) is 23.6 Å². The van der Waals surface area contributed by atoms with Crippen LogP contribution < -0.4 is 20.9 Å². The van der Waals surface area contributed by atoms with Crippen molar-refractivity contribution in [1.29, 1.82) is 0 Å². The van der Waals surface area contributed by atoms with Crippen LogP contribution in [0.15, 0.2) is 30.3 Å². The third kappa shape index (κ3) is 9.02. The minimum absolute atomic E-state index is 0.107. The maximum atomic E-state index is 15.1. The van der Waals surface area contributed by atoms with Crippen molar-refractivity contribution in [3.63, 3.8) is 0 Å². The first-order chi connectivity index (χ1) is 20.8. The molecule has 242 valence electrons. The van der Waals surface area contributed by atoms with Gasteiger partial charge in [0.1, 0.15) is 6.10 Å². The van der Waals surface area contributed by atoms with E-state index in [2.05, 4.69) is 16.0 Å². The molecule has 14 heteroatoms. The Kier molecular flexibility index (Phi) is 11.4. The molecule has 0 aromatic heterocycles. The standard InChI is InChI=1S/C30H37ClF5N5O3/c1-18(2)13-21-17-41(11-10-40(21)9-7-30(34,35)36)24-14-20(31)4-6-23(24)39-28(42)22-5-3-19(26(32)27(22)33)15-38-29(43)25-16-37-8-12-44-25/h3-6,14,18,21,25,37H,7-13,15-17H2,1-2H3,(H,38,43)(H,39,42)/t21-,25-/m0/s1. The second-order valence-corrected chi connectivity index (χ2v) is 11.9. The number of nitrogens with one attached hydrogen (secondary N) is 3. The first-order valence-corrected chi connectivity index (χ1v) is 14.9. The molecular weight excluding hydrogens is 609 g/mol. The van der Waals surface area contributed by atoms with Crippen LogP contribution in [0.1, 0.15) is 42.6 Å². The minimum atomic E-state index is -4.26. The number of carbonyl (C=O) groups excluding carboxylic acids is 2. The summed E-state index contributed by atoms with van der Waals surface area (Å²) in [7, 11) is 0. The minimum Gasteiger partial charge on any atom is -0.367 e. The Morgan fingerprint density at radius 2 is 1.91 bits per heavy atom. The summed E-state index contributed by atoms with van der Waals surface area (Å²) in [5, 5.41) is 8.54. The summed E-state index contributed by atoms with van der Waals surface area (Å²) in [4.78, 5) is 29.2. The molecule has 2 saturated heterocycles. The van der Waals surface area contributed by atoms with Gasteiger partial charge in [0.15, 0.2) is 11.6 Å². The Labute approximate surface area is 258 Å². The summed E-state index contributed by atoms with van der Waals surface area (Å²) in [6, 6.07) is 6.91. The van der Waals surface area contributed by atoms with Crippen molar-refractivity contribution in [2.75, 3.05) is 56.1 Å². The van der Waals surface area contributed by atoms with Gasteiger partial charge in [-0.05, 0) is 36.6 Å². The topological polar surface area (TPSA) is 85.9 Å². The van der Waals surface area contributed by atoms with Gasteiger partial charge in [0.05, 0.1) is 30.0 Å². The fourth-order valence-corrected chi connectivity index (χ4v) is 5.60. The van der Waals surface area contributed by atoms with Gasteiger partial charge in [-0.15, -0.1) is 0 Å². The summed E-state index contributed by atoms with van der Waals surface area (Å²) in [6.07, 6.45) is -5.23. The van der Waals surface area contributed by atoms with Crippen molar-refractivity contribution in [3.05, 3.63) is 58.1 Å². The number of benzene rings is 2. The highest BCUT2D eigenvalue weighted by Gasteiger charge is 2.33. The van der Waals surface area contributed by atoms with Crippen LogP contribution in [-0.4, -0.2) is 80.9 Å². The molecule has 0 radical (unpaired) electrons. The second kappa shape index (κ2) is 14.9. The quantitative estimate of drug-likeness (QED) is 0.317. The average Bonchev–Trinajstić information content (AvgIpc) is 2.97. The number of piperazine rings is 1. The number of morpholine rings is 1. The number of amides is 2. The molecule has 0 unspecified atom stereocenters. The lowest BCUT2D eigenvalue weighted by atomic mass is 9.99. The lowest BCUT2D eigenvalue weighted by molar-refractivity contribution is -0.139. The molecule has 2 aliphatic heterocycles. The van der Waals surface area contributed by atoms with Crippen molar-refractivity contribution < 1.29 is 36.3 Å². The summed E-state index contributed by atoms with van der Waals surface area (Å²) in [5.41, 5.74) is 0.147. The van der Waals surface area contributed by atoms with Gasteiger partial charge in [-0.25, -0.2) is 8.78 Å². The summed E-state index contributed by atoms with van der Waals surface area (Å²) in [5.74, 6) is -3.76. The van der Waals surface area contributed by atoms with Gasteiger partial charge >= 0.3 is 6.18 Å². The van der Waals surface area contributed by atoms with Crippen LogP contribution in [0.2, 0.25) is 5.02 Å². The van der Waals surface area contributed by atoms with Gasteiger partial charge in [-0.2, -0.15) is 13.2 Å².